The van der Waals surface area contributed by atoms with Crippen molar-refractivity contribution in [2.75, 3.05) is 44.7 Å². The molecule has 0 bridgehead atoms. The van der Waals surface area contributed by atoms with Gasteiger partial charge in [0.25, 0.3) is 0 Å². The number of fused-ring (bicyclic) bond motifs is 1. The van der Waals surface area contributed by atoms with Crippen molar-refractivity contribution in [1.29, 1.82) is 0 Å². The molecule has 1 aromatic rings. The number of para-hydroxylation sites is 1. The first-order valence-corrected chi connectivity index (χ1v) is 9.89. The number of carbonyl (C=O) groups is 2. The molecule has 2 aliphatic heterocycles. The highest BCUT2D eigenvalue weighted by Gasteiger charge is 2.26. The average molecular weight is 515 g/mol. The zero-order valence-electron chi connectivity index (χ0n) is 17.0. The second-order valence-electron chi connectivity index (χ2n) is 6.95. The van der Waals surface area contributed by atoms with Crippen LogP contribution in [-0.4, -0.2) is 68.7 Å². The number of anilines is 1. The van der Waals surface area contributed by atoms with Gasteiger partial charge in [0.15, 0.2) is 5.96 Å². The molecule has 0 aliphatic carbocycles. The molecule has 0 saturated carbocycles. The van der Waals surface area contributed by atoms with Crippen LogP contribution in [0, 0.1) is 0 Å². The number of rotatable bonds is 4. The molecule has 29 heavy (non-hydrogen) atoms. The smallest absolute Gasteiger partial charge is 0.409 e. The fourth-order valence-corrected chi connectivity index (χ4v) is 3.66. The predicted molar refractivity (Wildman–Crippen MR) is 124 cm³/mol. The first-order chi connectivity index (χ1) is 13.6. The van der Waals surface area contributed by atoms with Crippen molar-refractivity contribution in [3.8, 4) is 0 Å². The summed E-state index contributed by atoms with van der Waals surface area (Å²) in [5.41, 5.74) is 2.22. The van der Waals surface area contributed by atoms with Crippen molar-refractivity contribution in [1.82, 2.24) is 15.5 Å². The summed E-state index contributed by atoms with van der Waals surface area (Å²) in [5, 5.41) is 6.47. The average Bonchev–Trinajstić information content (AvgIpc) is 3.15. The molecule has 1 aromatic carbocycles. The second-order valence-corrected chi connectivity index (χ2v) is 6.95. The highest BCUT2D eigenvalue weighted by atomic mass is 127. The third-order valence-corrected chi connectivity index (χ3v) is 5.18. The van der Waals surface area contributed by atoms with E-state index in [1.807, 2.05) is 30.0 Å². The highest BCUT2D eigenvalue weighted by molar-refractivity contribution is 14.0. The number of aliphatic imine (C=N–C) groups is 1. The van der Waals surface area contributed by atoms with Crippen molar-refractivity contribution in [2.45, 2.75) is 32.2 Å². The van der Waals surface area contributed by atoms with Gasteiger partial charge in [-0.15, -0.1) is 24.0 Å². The van der Waals surface area contributed by atoms with Crippen molar-refractivity contribution in [2.24, 2.45) is 4.99 Å². The molecule has 2 heterocycles. The van der Waals surface area contributed by atoms with Crippen LogP contribution in [0.1, 0.15) is 25.3 Å². The van der Waals surface area contributed by atoms with Gasteiger partial charge in [-0.3, -0.25) is 9.79 Å². The fraction of sp³-hybridized carbons (Fsp3) is 0.550. The monoisotopic (exact) mass is 515 g/mol. The van der Waals surface area contributed by atoms with Crippen LogP contribution in [0.15, 0.2) is 29.3 Å². The molecule has 1 saturated heterocycles. The van der Waals surface area contributed by atoms with Crippen LogP contribution in [0.4, 0.5) is 10.5 Å². The summed E-state index contributed by atoms with van der Waals surface area (Å²) in [5.74, 6) is 0.639. The van der Waals surface area contributed by atoms with Crippen molar-refractivity contribution in [3.05, 3.63) is 29.8 Å². The Bertz CT molecular complexity index is 735. The molecular weight excluding hydrogens is 485 g/mol. The van der Waals surface area contributed by atoms with Crippen molar-refractivity contribution in [3.63, 3.8) is 0 Å². The summed E-state index contributed by atoms with van der Waals surface area (Å²) < 4.78 is 5.05. The standard InChI is InChI=1S/C20H29N5O3.HI/c1-3-28-20(27)24-11-9-16(10-12-24)23-19(21-2)22-14-18(26)25-13-8-15-6-4-5-7-17(15)25;/h4-7,16H,3,8-14H2,1-2H3,(H2,21,22,23);1H. The molecule has 0 aromatic heterocycles. The maximum absolute atomic E-state index is 12.6. The minimum Gasteiger partial charge on any atom is -0.450 e. The van der Waals surface area contributed by atoms with Crippen LogP contribution in [0.5, 0.6) is 0 Å². The number of ether oxygens (including phenoxy) is 1. The maximum atomic E-state index is 12.6. The van der Waals surface area contributed by atoms with Gasteiger partial charge in [0.1, 0.15) is 0 Å². The number of benzene rings is 1. The van der Waals surface area contributed by atoms with E-state index in [0.29, 0.717) is 25.7 Å². The molecule has 2 N–H and O–H groups in total. The van der Waals surface area contributed by atoms with Gasteiger partial charge in [0, 0.05) is 38.4 Å². The first kappa shape index (κ1) is 23.2. The van der Waals surface area contributed by atoms with Gasteiger partial charge in [-0.05, 0) is 37.8 Å². The van der Waals surface area contributed by atoms with Gasteiger partial charge >= 0.3 is 6.09 Å². The van der Waals surface area contributed by atoms with Gasteiger partial charge in [-0.2, -0.15) is 0 Å². The lowest BCUT2D eigenvalue weighted by molar-refractivity contribution is -0.117. The van der Waals surface area contributed by atoms with Crippen LogP contribution in [-0.2, 0) is 16.0 Å². The molecule has 160 valence electrons. The zero-order chi connectivity index (χ0) is 19.9. The summed E-state index contributed by atoms with van der Waals surface area (Å²) >= 11 is 0. The van der Waals surface area contributed by atoms with Crippen LogP contribution in [0.25, 0.3) is 0 Å². The number of nitrogens with one attached hydrogen (secondary N) is 2. The quantitative estimate of drug-likeness (QED) is 0.364. The lowest BCUT2D eigenvalue weighted by atomic mass is 10.1. The molecule has 0 unspecified atom stereocenters. The van der Waals surface area contributed by atoms with E-state index in [1.165, 1.54) is 5.56 Å². The van der Waals surface area contributed by atoms with E-state index in [-0.39, 0.29) is 48.6 Å². The van der Waals surface area contributed by atoms with E-state index in [4.69, 9.17) is 4.74 Å². The minimum atomic E-state index is -0.250. The van der Waals surface area contributed by atoms with Crippen LogP contribution < -0.4 is 15.5 Å². The normalized spacial score (nSPS) is 16.7. The van der Waals surface area contributed by atoms with Gasteiger partial charge < -0.3 is 25.2 Å². The van der Waals surface area contributed by atoms with E-state index < -0.39 is 0 Å². The molecule has 0 radical (unpaired) electrons. The second kappa shape index (κ2) is 11.2. The Kier molecular flexibility index (Phi) is 8.99. The number of hydrogen-bond acceptors (Lipinski definition) is 4. The Hall–Kier alpha value is -2.04. The minimum absolute atomic E-state index is 0. The number of hydrogen-bond donors (Lipinski definition) is 2. The molecule has 0 spiro atoms. The largest absolute Gasteiger partial charge is 0.450 e. The van der Waals surface area contributed by atoms with E-state index >= 15 is 0 Å². The van der Waals surface area contributed by atoms with E-state index in [0.717, 1.165) is 31.5 Å². The molecule has 2 amide bonds. The molecule has 0 atom stereocenters. The van der Waals surface area contributed by atoms with Crippen molar-refractivity contribution < 1.29 is 14.3 Å². The number of likely N-dealkylation sites (tertiary alicyclic amines) is 1. The van der Waals surface area contributed by atoms with Crippen LogP contribution >= 0.6 is 24.0 Å². The lowest BCUT2D eigenvalue weighted by Crippen LogP contribution is -2.51. The number of carbonyl (C=O) groups excluding carboxylic acids is 2. The number of halogens is 1. The number of piperidine rings is 1. The Balaban J connectivity index is 0.00000300. The van der Waals surface area contributed by atoms with Gasteiger partial charge in [-0.25, -0.2) is 4.79 Å². The molecule has 8 nitrogen and oxygen atoms in total. The number of nitrogens with zero attached hydrogens (tertiary/aromatic N) is 3. The van der Waals surface area contributed by atoms with E-state index in [2.05, 4.69) is 21.7 Å². The van der Waals surface area contributed by atoms with E-state index in [1.54, 1.807) is 11.9 Å². The summed E-state index contributed by atoms with van der Waals surface area (Å²) in [7, 11) is 1.69. The number of guanidine groups is 1. The Morgan fingerprint density at radius 3 is 2.62 bits per heavy atom. The summed E-state index contributed by atoms with van der Waals surface area (Å²) in [6.07, 6.45) is 2.27. The van der Waals surface area contributed by atoms with Crippen LogP contribution in [0.2, 0.25) is 0 Å². The summed E-state index contributed by atoms with van der Waals surface area (Å²) in [4.78, 5) is 32.2. The Morgan fingerprint density at radius 1 is 1.21 bits per heavy atom. The topological polar surface area (TPSA) is 86.3 Å². The SMILES string of the molecule is CCOC(=O)N1CCC(NC(=NC)NCC(=O)N2CCc3ccccc32)CC1.I. The zero-order valence-corrected chi connectivity index (χ0v) is 19.3. The highest BCUT2D eigenvalue weighted by Crippen LogP contribution is 2.27. The molecule has 3 rings (SSSR count). The molecule has 2 aliphatic rings. The molecular formula is C20H30IN5O3. The fourth-order valence-electron chi connectivity index (χ4n) is 3.66. The number of amides is 2. The van der Waals surface area contributed by atoms with Gasteiger partial charge in [-0.1, -0.05) is 18.2 Å². The molecule has 1 fully saturated rings. The predicted octanol–water partition coefficient (Wildman–Crippen LogP) is 1.98. The Labute approximate surface area is 189 Å². The third-order valence-electron chi connectivity index (χ3n) is 5.18. The van der Waals surface area contributed by atoms with Crippen LogP contribution in [0.3, 0.4) is 0 Å². The molecule has 9 heteroatoms. The van der Waals surface area contributed by atoms with Crippen molar-refractivity contribution >= 4 is 47.6 Å². The maximum Gasteiger partial charge on any atom is 0.409 e. The van der Waals surface area contributed by atoms with Gasteiger partial charge in [0.2, 0.25) is 5.91 Å². The first-order valence-electron chi connectivity index (χ1n) is 9.89. The van der Waals surface area contributed by atoms with Gasteiger partial charge in [0.05, 0.1) is 13.2 Å². The van der Waals surface area contributed by atoms with E-state index in [9.17, 15) is 9.59 Å². The summed E-state index contributed by atoms with van der Waals surface area (Å²) in [6, 6.07) is 8.23. The lowest BCUT2D eigenvalue weighted by Gasteiger charge is -2.32. The summed E-state index contributed by atoms with van der Waals surface area (Å²) in [6.45, 7) is 4.41. The Morgan fingerprint density at radius 2 is 1.93 bits per heavy atom. The third kappa shape index (κ3) is 5.97.